The zero-order valence-corrected chi connectivity index (χ0v) is 7.97. The number of piperidine rings is 1. The largest absolute Gasteiger partial charge is 0.346 e. The monoisotopic (exact) mass is 170 g/mol. The van der Waals surface area contributed by atoms with Crippen LogP contribution in [-0.2, 0) is 4.79 Å². The third kappa shape index (κ3) is 2.21. The van der Waals surface area contributed by atoms with E-state index in [2.05, 4.69) is 5.32 Å². The second kappa shape index (κ2) is 4.45. The number of hydrogen-bond acceptors (Lipinski definition) is 2. The quantitative estimate of drug-likeness (QED) is 0.653. The lowest BCUT2D eigenvalue weighted by atomic mass is 9.97. The fraction of sp³-hybridized carbons (Fsp3) is 0.889. The van der Waals surface area contributed by atoms with Crippen LogP contribution in [0.15, 0.2) is 0 Å². The third-order valence-corrected chi connectivity index (χ3v) is 2.54. The average molecular weight is 170 g/mol. The Morgan fingerprint density at radius 2 is 2.08 bits per heavy atom. The molecule has 0 aromatic heterocycles. The van der Waals surface area contributed by atoms with Crippen LogP contribution in [0.5, 0.6) is 0 Å². The van der Waals surface area contributed by atoms with Crippen molar-refractivity contribution in [2.24, 2.45) is 5.92 Å². The van der Waals surface area contributed by atoms with Crippen LogP contribution in [0.3, 0.4) is 0 Å². The van der Waals surface area contributed by atoms with Crippen LogP contribution in [0.4, 0.5) is 0 Å². The Morgan fingerprint density at radius 1 is 1.50 bits per heavy atom. The molecule has 1 saturated heterocycles. The molecule has 3 heteroatoms. The van der Waals surface area contributed by atoms with Gasteiger partial charge in [-0.2, -0.15) is 0 Å². The molecule has 1 aliphatic heterocycles. The maximum Gasteiger partial charge on any atom is 0.225 e. The smallest absolute Gasteiger partial charge is 0.225 e. The van der Waals surface area contributed by atoms with Crippen molar-refractivity contribution in [2.45, 2.75) is 19.8 Å². The zero-order valence-electron chi connectivity index (χ0n) is 7.97. The van der Waals surface area contributed by atoms with Gasteiger partial charge >= 0.3 is 0 Å². The minimum absolute atomic E-state index is 0.274. The van der Waals surface area contributed by atoms with Crippen molar-refractivity contribution >= 4 is 5.91 Å². The summed E-state index contributed by atoms with van der Waals surface area (Å²) in [6.07, 6.45) is 2.01. The third-order valence-electron chi connectivity index (χ3n) is 2.54. The van der Waals surface area contributed by atoms with Gasteiger partial charge in [0.05, 0.1) is 0 Å². The highest BCUT2D eigenvalue weighted by atomic mass is 16.2. The topological polar surface area (TPSA) is 32.3 Å². The van der Waals surface area contributed by atoms with Crippen molar-refractivity contribution in [3.63, 3.8) is 0 Å². The summed E-state index contributed by atoms with van der Waals surface area (Å²) in [5.41, 5.74) is 0. The first-order valence-electron chi connectivity index (χ1n) is 4.71. The molecule has 70 valence electrons. The molecule has 12 heavy (non-hydrogen) atoms. The van der Waals surface area contributed by atoms with Gasteiger partial charge in [0.2, 0.25) is 5.91 Å². The van der Waals surface area contributed by atoms with E-state index < -0.39 is 0 Å². The first-order valence-corrected chi connectivity index (χ1v) is 4.71. The van der Waals surface area contributed by atoms with E-state index in [4.69, 9.17) is 0 Å². The van der Waals surface area contributed by atoms with Crippen molar-refractivity contribution in [2.75, 3.05) is 26.7 Å². The molecule has 1 fully saturated rings. The summed E-state index contributed by atoms with van der Waals surface area (Å²) < 4.78 is 0. The highest BCUT2D eigenvalue weighted by Gasteiger charge is 2.22. The minimum Gasteiger partial charge on any atom is -0.346 e. The van der Waals surface area contributed by atoms with E-state index in [0.717, 1.165) is 32.5 Å². The predicted molar refractivity (Wildman–Crippen MR) is 48.9 cm³/mol. The van der Waals surface area contributed by atoms with E-state index in [9.17, 15) is 4.79 Å². The molecule has 0 aromatic carbocycles. The fourth-order valence-electron chi connectivity index (χ4n) is 1.54. The molecule has 3 nitrogen and oxygen atoms in total. The summed E-state index contributed by atoms with van der Waals surface area (Å²) in [4.78, 5) is 13.4. The molecule has 0 bridgehead atoms. The van der Waals surface area contributed by atoms with Crippen LogP contribution in [0, 0.1) is 5.92 Å². The summed E-state index contributed by atoms with van der Waals surface area (Å²) in [7, 11) is 1.88. The van der Waals surface area contributed by atoms with Gasteiger partial charge in [0, 0.05) is 19.5 Å². The highest BCUT2D eigenvalue weighted by molar-refractivity contribution is 5.78. The van der Waals surface area contributed by atoms with E-state index in [-0.39, 0.29) is 5.92 Å². The number of amides is 1. The van der Waals surface area contributed by atoms with Gasteiger partial charge in [-0.05, 0) is 32.9 Å². The maximum absolute atomic E-state index is 11.6. The van der Waals surface area contributed by atoms with Crippen molar-refractivity contribution in [1.29, 1.82) is 0 Å². The number of rotatable bonds is 2. The number of carbonyl (C=O) groups excluding carboxylic acids is 1. The van der Waals surface area contributed by atoms with Crippen molar-refractivity contribution < 1.29 is 4.79 Å². The minimum atomic E-state index is 0.274. The standard InChI is InChI=1S/C9H18N2O/c1-3-11(2)9(12)8-4-6-10-7-5-8/h8,10H,3-7H2,1-2H3. The molecule has 0 atom stereocenters. The van der Waals surface area contributed by atoms with Gasteiger partial charge in [-0.15, -0.1) is 0 Å². The van der Waals surface area contributed by atoms with Crippen molar-refractivity contribution in [3.05, 3.63) is 0 Å². The van der Waals surface area contributed by atoms with E-state index in [1.165, 1.54) is 0 Å². The molecule has 0 unspecified atom stereocenters. The lowest BCUT2D eigenvalue weighted by molar-refractivity contribution is -0.134. The Hall–Kier alpha value is -0.570. The van der Waals surface area contributed by atoms with Gasteiger partial charge in [-0.3, -0.25) is 4.79 Å². The molecule has 0 aliphatic carbocycles. The fourth-order valence-corrected chi connectivity index (χ4v) is 1.54. The second-order valence-corrected chi connectivity index (χ2v) is 3.38. The summed E-state index contributed by atoms with van der Waals surface area (Å²) in [6, 6.07) is 0. The SMILES string of the molecule is CCN(C)C(=O)C1CCNCC1. The zero-order chi connectivity index (χ0) is 8.97. The number of nitrogens with one attached hydrogen (secondary N) is 1. The first kappa shape index (κ1) is 9.52. The Balaban J connectivity index is 2.39. The lowest BCUT2D eigenvalue weighted by Gasteiger charge is -2.25. The highest BCUT2D eigenvalue weighted by Crippen LogP contribution is 2.13. The molecule has 1 rings (SSSR count). The predicted octanol–water partition coefficient (Wildman–Crippen LogP) is 0.464. The molecule has 1 amide bonds. The molecule has 0 radical (unpaired) electrons. The van der Waals surface area contributed by atoms with Crippen molar-refractivity contribution in [1.82, 2.24) is 10.2 Å². The molecule has 1 heterocycles. The van der Waals surface area contributed by atoms with Crippen LogP contribution < -0.4 is 5.32 Å². The van der Waals surface area contributed by atoms with Crippen LogP contribution >= 0.6 is 0 Å². The Morgan fingerprint density at radius 3 is 2.58 bits per heavy atom. The van der Waals surface area contributed by atoms with Gasteiger partial charge in [-0.1, -0.05) is 0 Å². The molecule has 1 N–H and O–H groups in total. The molecule has 0 saturated carbocycles. The van der Waals surface area contributed by atoms with Gasteiger partial charge in [-0.25, -0.2) is 0 Å². The molecule has 1 aliphatic rings. The molecule has 0 spiro atoms. The average Bonchev–Trinajstić information content (AvgIpc) is 2.17. The van der Waals surface area contributed by atoms with Crippen molar-refractivity contribution in [3.8, 4) is 0 Å². The Bertz CT molecular complexity index is 153. The van der Waals surface area contributed by atoms with Gasteiger partial charge in [0.25, 0.3) is 0 Å². The van der Waals surface area contributed by atoms with Gasteiger partial charge < -0.3 is 10.2 Å². The lowest BCUT2D eigenvalue weighted by Crippen LogP contribution is -2.39. The van der Waals surface area contributed by atoms with E-state index >= 15 is 0 Å². The van der Waals surface area contributed by atoms with E-state index in [1.807, 2.05) is 18.9 Å². The summed E-state index contributed by atoms with van der Waals surface area (Å²) in [5, 5.41) is 3.26. The van der Waals surface area contributed by atoms with Gasteiger partial charge in [0.15, 0.2) is 0 Å². The maximum atomic E-state index is 11.6. The van der Waals surface area contributed by atoms with Crippen LogP contribution in [0.1, 0.15) is 19.8 Å². The number of nitrogens with zero attached hydrogens (tertiary/aromatic N) is 1. The van der Waals surface area contributed by atoms with Crippen LogP contribution in [0.2, 0.25) is 0 Å². The Labute approximate surface area is 74.1 Å². The number of hydrogen-bond donors (Lipinski definition) is 1. The molecular weight excluding hydrogens is 152 g/mol. The molecule has 0 aromatic rings. The molecular formula is C9H18N2O. The Kier molecular flexibility index (Phi) is 3.53. The second-order valence-electron chi connectivity index (χ2n) is 3.38. The van der Waals surface area contributed by atoms with E-state index in [0.29, 0.717) is 5.91 Å². The van der Waals surface area contributed by atoms with E-state index in [1.54, 1.807) is 0 Å². The number of carbonyl (C=O) groups is 1. The normalized spacial score (nSPS) is 19.2. The summed E-state index contributed by atoms with van der Waals surface area (Å²) >= 11 is 0. The van der Waals surface area contributed by atoms with Crippen LogP contribution in [0.25, 0.3) is 0 Å². The van der Waals surface area contributed by atoms with Gasteiger partial charge in [0.1, 0.15) is 0 Å². The summed E-state index contributed by atoms with van der Waals surface area (Å²) in [5.74, 6) is 0.593. The van der Waals surface area contributed by atoms with Crippen LogP contribution in [-0.4, -0.2) is 37.5 Å². The first-order chi connectivity index (χ1) is 5.75. The summed E-state index contributed by atoms with van der Waals surface area (Å²) in [6.45, 7) is 4.82.